The van der Waals surface area contributed by atoms with Gasteiger partial charge in [0.15, 0.2) is 0 Å². The van der Waals surface area contributed by atoms with Crippen LogP contribution in [0, 0.1) is 0 Å². The van der Waals surface area contributed by atoms with E-state index in [1.54, 1.807) is 42.5 Å². The summed E-state index contributed by atoms with van der Waals surface area (Å²) >= 11 is 6.13. The van der Waals surface area contributed by atoms with E-state index in [4.69, 9.17) is 16.3 Å². The number of carbonyl (C=O) groups is 2. The summed E-state index contributed by atoms with van der Waals surface area (Å²) in [6.07, 6.45) is -0.130. The Balaban J connectivity index is 1.53. The number of hydrogen-bond acceptors (Lipinski definition) is 3. The zero-order valence-electron chi connectivity index (χ0n) is 17.6. The molecule has 0 aliphatic carbocycles. The van der Waals surface area contributed by atoms with Crippen molar-refractivity contribution in [1.82, 2.24) is 4.98 Å². The number of benzene rings is 3. The second-order valence-corrected chi connectivity index (χ2v) is 8.06. The molecule has 5 nitrogen and oxygen atoms in total. The fraction of sp³-hybridized carbons (Fsp3) is 0.154. The van der Waals surface area contributed by atoms with Crippen LogP contribution < -0.4 is 5.32 Å². The summed E-state index contributed by atoms with van der Waals surface area (Å²) in [5, 5.41) is 4.18. The van der Waals surface area contributed by atoms with E-state index in [0.717, 1.165) is 10.9 Å². The lowest BCUT2D eigenvalue weighted by Gasteiger charge is -2.14. The summed E-state index contributed by atoms with van der Waals surface area (Å²) in [7, 11) is 0. The number of ketones is 1. The van der Waals surface area contributed by atoms with Crippen LogP contribution in [0.2, 0.25) is 5.02 Å². The molecule has 0 saturated carbocycles. The van der Waals surface area contributed by atoms with Crippen molar-refractivity contribution in [3.8, 4) is 0 Å². The van der Waals surface area contributed by atoms with Gasteiger partial charge in [0.25, 0.3) is 0 Å². The molecule has 1 aromatic heterocycles. The minimum atomic E-state index is -0.289. The molecular weight excluding hydrogens is 424 g/mol. The minimum Gasteiger partial charge on any atom is -0.373 e. The predicted molar refractivity (Wildman–Crippen MR) is 127 cm³/mol. The maximum absolute atomic E-state index is 13.1. The number of hydrogen-bond donors (Lipinski definition) is 2. The first-order chi connectivity index (χ1) is 15.5. The van der Waals surface area contributed by atoms with Crippen molar-refractivity contribution in [2.24, 2.45) is 0 Å². The van der Waals surface area contributed by atoms with E-state index >= 15 is 0 Å². The van der Waals surface area contributed by atoms with Gasteiger partial charge in [0.05, 0.1) is 24.8 Å². The van der Waals surface area contributed by atoms with Crippen molar-refractivity contribution in [2.75, 3.05) is 5.32 Å². The van der Waals surface area contributed by atoms with Gasteiger partial charge in [-0.3, -0.25) is 9.59 Å². The third-order valence-corrected chi connectivity index (χ3v) is 5.37. The monoisotopic (exact) mass is 446 g/mol. The van der Waals surface area contributed by atoms with Crippen LogP contribution in [-0.2, 0) is 16.1 Å². The first-order valence-electron chi connectivity index (χ1n) is 10.4. The van der Waals surface area contributed by atoms with Gasteiger partial charge in [-0.1, -0.05) is 72.3 Å². The fourth-order valence-electron chi connectivity index (χ4n) is 3.53. The highest BCUT2D eigenvalue weighted by Gasteiger charge is 2.22. The van der Waals surface area contributed by atoms with Gasteiger partial charge in [-0.15, -0.1) is 0 Å². The van der Waals surface area contributed by atoms with Gasteiger partial charge in [-0.05, 0) is 30.7 Å². The summed E-state index contributed by atoms with van der Waals surface area (Å²) in [4.78, 5) is 29.1. The van der Waals surface area contributed by atoms with E-state index in [9.17, 15) is 9.59 Å². The maximum atomic E-state index is 13.1. The highest BCUT2D eigenvalue weighted by atomic mass is 35.5. The molecule has 3 aromatic carbocycles. The zero-order valence-corrected chi connectivity index (χ0v) is 18.4. The lowest BCUT2D eigenvalue weighted by molar-refractivity contribution is -0.118. The third-order valence-electron chi connectivity index (χ3n) is 5.14. The Labute approximate surface area is 191 Å². The Kier molecular flexibility index (Phi) is 6.69. The quantitative estimate of drug-likeness (QED) is 0.327. The van der Waals surface area contributed by atoms with Gasteiger partial charge in [-0.25, -0.2) is 0 Å². The molecule has 0 fully saturated rings. The molecule has 4 rings (SSSR count). The summed E-state index contributed by atoms with van der Waals surface area (Å²) in [5.74, 6) is -0.440. The number of aromatic nitrogens is 1. The standard InChI is InChI=1S/C26H23ClN2O3/c1-17(32-16-18-8-4-2-5-9-18)14-23(30)29-24-21-13-12-20(27)15-22(21)28-25(24)26(31)19-10-6-3-7-11-19/h2-13,15,17,28H,14,16H2,1H3,(H,29,30). The van der Waals surface area contributed by atoms with Gasteiger partial charge in [0.1, 0.15) is 5.69 Å². The van der Waals surface area contributed by atoms with Crippen molar-refractivity contribution in [3.05, 3.63) is 101 Å². The number of anilines is 1. The van der Waals surface area contributed by atoms with Crippen molar-refractivity contribution in [3.63, 3.8) is 0 Å². The SMILES string of the molecule is CC(CC(=O)Nc1c(C(=O)c2ccccc2)[nH]c2cc(Cl)ccc12)OCc1ccccc1. The molecule has 0 aliphatic heterocycles. The topological polar surface area (TPSA) is 71.2 Å². The Bertz CT molecular complexity index is 1240. The molecule has 0 saturated heterocycles. The molecule has 162 valence electrons. The number of H-pyrrole nitrogens is 1. The van der Waals surface area contributed by atoms with Crippen LogP contribution in [0.1, 0.15) is 35.0 Å². The first-order valence-corrected chi connectivity index (χ1v) is 10.8. The fourth-order valence-corrected chi connectivity index (χ4v) is 3.70. The van der Waals surface area contributed by atoms with E-state index in [0.29, 0.717) is 34.1 Å². The third kappa shape index (κ3) is 5.07. The maximum Gasteiger partial charge on any atom is 0.227 e. The van der Waals surface area contributed by atoms with Crippen molar-refractivity contribution in [1.29, 1.82) is 0 Å². The van der Waals surface area contributed by atoms with Crippen molar-refractivity contribution < 1.29 is 14.3 Å². The van der Waals surface area contributed by atoms with Crippen LogP contribution in [0.5, 0.6) is 0 Å². The lowest BCUT2D eigenvalue weighted by Crippen LogP contribution is -2.21. The number of halogens is 1. The van der Waals surface area contributed by atoms with E-state index in [-0.39, 0.29) is 24.2 Å². The summed E-state index contributed by atoms with van der Waals surface area (Å²) in [6.45, 7) is 2.28. The van der Waals surface area contributed by atoms with E-state index < -0.39 is 0 Å². The van der Waals surface area contributed by atoms with E-state index in [2.05, 4.69) is 10.3 Å². The Morgan fingerprint density at radius 1 is 1.00 bits per heavy atom. The molecule has 2 N–H and O–H groups in total. The Hall–Kier alpha value is -3.41. The molecule has 6 heteroatoms. The molecule has 32 heavy (non-hydrogen) atoms. The summed E-state index contributed by atoms with van der Waals surface area (Å²) in [6, 6.07) is 24.0. The molecule has 1 unspecified atom stereocenters. The zero-order chi connectivity index (χ0) is 22.5. The van der Waals surface area contributed by atoms with Gasteiger partial charge in [0.2, 0.25) is 11.7 Å². The van der Waals surface area contributed by atoms with Crippen molar-refractivity contribution >= 4 is 39.9 Å². The number of rotatable bonds is 8. The Morgan fingerprint density at radius 2 is 1.69 bits per heavy atom. The molecule has 0 radical (unpaired) electrons. The smallest absolute Gasteiger partial charge is 0.227 e. The largest absolute Gasteiger partial charge is 0.373 e. The number of nitrogens with one attached hydrogen (secondary N) is 2. The van der Waals surface area contributed by atoms with Gasteiger partial charge >= 0.3 is 0 Å². The van der Waals surface area contributed by atoms with Crippen LogP contribution in [-0.4, -0.2) is 22.8 Å². The van der Waals surface area contributed by atoms with Crippen LogP contribution in [0.25, 0.3) is 10.9 Å². The first kappa shape index (κ1) is 21.8. The molecule has 1 heterocycles. The highest BCUT2D eigenvalue weighted by molar-refractivity contribution is 6.31. The predicted octanol–water partition coefficient (Wildman–Crippen LogP) is 5.99. The minimum absolute atomic E-state index is 0.159. The molecule has 4 aromatic rings. The van der Waals surface area contributed by atoms with Crippen LogP contribution >= 0.6 is 11.6 Å². The second kappa shape index (κ2) is 9.81. The van der Waals surface area contributed by atoms with Crippen LogP contribution in [0.4, 0.5) is 5.69 Å². The lowest BCUT2D eigenvalue weighted by atomic mass is 10.1. The second-order valence-electron chi connectivity index (χ2n) is 7.62. The molecule has 0 spiro atoms. The van der Waals surface area contributed by atoms with Gasteiger partial charge in [-0.2, -0.15) is 0 Å². The number of aromatic amines is 1. The highest BCUT2D eigenvalue weighted by Crippen LogP contribution is 2.31. The van der Waals surface area contributed by atoms with E-state index in [1.807, 2.05) is 43.3 Å². The van der Waals surface area contributed by atoms with Crippen molar-refractivity contribution in [2.45, 2.75) is 26.1 Å². The average molecular weight is 447 g/mol. The van der Waals surface area contributed by atoms with Crippen LogP contribution in [0.15, 0.2) is 78.9 Å². The number of carbonyl (C=O) groups excluding carboxylic acids is 2. The molecule has 0 aliphatic rings. The molecule has 1 atom stereocenters. The van der Waals surface area contributed by atoms with Crippen LogP contribution in [0.3, 0.4) is 0 Å². The number of ether oxygens (including phenoxy) is 1. The number of fused-ring (bicyclic) bond motifs is 1. The average Bonchev–Trinajstić information content (AvgIpc) is 3.15. The molecular formula is C26H23ClN2O3. The van der Waals surface area contributed by atoms with Gasteiger partial charge < -0.3 is 15.0 Å². The van der Waals surface area contributed by atoms with E-state index in [1.165, 1.54) is 0 Å². The molecule has 1 amide bonds. The summed E-state index contributed by atoms with van der Waals surface area (Å²) < 4.78 is 5.82. The molecule has 0 bridgehead atoms. The van der Waals surface area contributed by atoms with Gasteiger partial charge in [0, 0.05) is 21.5 Å². The number of amides is 1. The summed E-state index contributed by atoms with van der Waals surface area (Å²) in [5.41, 5.74) is 3.02. The normalized spacial score (nSPS) is 11.9. The Morgan fingerprint density at radius 3 is 2.41 bits per heavy atom.